The van der Waals surface area contributed by atoms with Crippen molar-refractivity contribution in [2.24, 2.45) is 5.92 Å². The third-order valence-electron chi connectivity index (χ3n) is 3.17. The van der Waals surface area contributed by atoms with E-state index in [0.717, 1.165) is 36.1 Å². The Morgan fingerprint density at radius 3 is 2.68 bits per heavy atom. The zero-order valence-electron chi connectivity index (χ0n) is 11.3. The lowest BCUT2D eigenvalue weighted by atomic mass is 10.1. The average Bonchev–Trinajstić information content (AvgIpc) is 2.32. The van der Waals surface area contributed by atoms with Crippen LogP contribution in [-0.2, 0) is 15.8 Å². The van der Waals surface area contributed by atoms with Crippen molar-refractivity contribution in [1.82, 2.24) is 9.62 Å². The number of nitrogens with zero attached hydrogens (tertiary/aromatic N) is 1. The van der Waals surface area contributed by atoms with Crippen LogP contribution in [0.15, 0.2) is 29.2 Å². The molecule has 0 saturated carbocycles. The van der Waals surface area contributed by atoms with Gasteiger partial charge < -0.3 is 5.32 Å². The van der Waals surface area contributed by atoms with Gasteiger partial charge >= 0.3 is 0 Å². The summed E-state index contributed by atoms with van der Waals surface area (Å²) in [6, 6.07) is 7.23. The summed E-state index contributed by atoms with van der Waals surface area (Å²) in [6.07, 6.45) is 0. The number of benzene rings is 1. The second-order valence-electron chi connectivity index (χ2n) is 4.97. The smallest absolute Gasteiger partial charge is 0.242 e. The molecule has 1 aromatic carbocycles. The summed E-state index contributed by atoms with van der Waals surface area (Å²) in [4.78, 5) is 0.376. The van der Waals surface area contributed by atoms with E-state index in [1.165, 1.54) is 4.31 Å². The van der Waals surface area contributed by atoms with E-state index >= 15 is 0 Å². The van der Waals surface area contributed by atoms with Crippen LogP contribution in [0.3, 0.4) is 0 Å². The summed E-state index contributed by atoms with van der Waals surface area (Å²) < 4.78 is 25.3. The Kier molecular flexibility index (Phi) is 4.89. The van der Waals surface area contributed by atoms with Gasteiger partial charge in [0.2, 0.25) is 10.0 Å². The van der Waals surface area contributed by atoms with Crippen molar-refractivity contribution in [3.8, 4) is 0 Å². The van der Waals surface area contributed by atoms with Crippen molar-refractivity contribution in [2.75, 3.05) is 32.9 Å². The molecule has 1 aromatic rings. The number of rotatable bonds is 6. The molecule has 1 heterocycles. The minimum absolute atomic E-state index is 0.376. The number of sulfonamides is 1. The van der Waals surface area contributed by atoms with Crippen molar-refractivity contribution in [2.45, 2.75) is 10.6 Å². The maximum Gasteiger partial charge on any atom is 0.242 e. The fourth-order valence-electron chi connectivity index (χ4n) is 1.82. The van der Waals surface area contributed by atoms with E-state index < -0.39 is 10.0 Å². The standard InChI is InChI=1S/C13H20N2O2S2/c1-15(2)19(16,17)13-5-3-4-11(6-13)9-18-10-12-7-14-8-12/h3-6,12,14H,7-10H2,1-2H3. The third kappa shape index (κ3) is 3.72. The summed E-state index contributed by atoms with van der Waals surface area (Å²) in [7, 11) is -0.208. The summed E-state index contributed by atoms with van der Waals surface area (Å²) in [5.74, 6) is 2.78. The first-order valence-electron chi connectivity index (χ1n) is 6.30. The van der Waals surface area contributed by atoms with Gasteiger partial charge in [0.1, 0.15) is 0 Å². The highest BCUT2D eigenvalue weighted by Gasteiger charge is 2.18. The van der Waals surface area contributed by atoms with Crippen LogP contribution >= 0.6 is 11.8 Å². The second kappa shape index (κ2) is 6.26. The van der Waals surface area contributed by atoms with E-state index in [9.17, 15) is 8.42 Å². The molecule has 1 saturated heterocycles. The van der Waals surface area contributed by atoms with Crippen molar-refractivity contribution in [3.05, 3.63) is 29.8 Å². The maximum absolute atomic E-state index is 12.0. The molecule has 0 aliphatic carbocycles. The predicted octanol–water partition coefficient (Wildman–Crippen LogP) is 1.39. The minimum Gasteiger partial charge on any atom is -0.316 e. The third-order valence-corrected chi connectivity index (χ3v) is 6.22. The summed E-state index contributed by atoms with van der Waals surface area (Å²) in [5.41, 5.74) is 1.07. The van der Waals surface area contributed by atoms with Gasteiger partial charge in [-0.1, -0.05) is 12.1 Å². The largest absolute Gasteiger partial charge is 0.316 e. The van der Waals surface area contributed by atoms with Gasteiger partial charge in [-0.05, 0) is 42.5 Å². The number of hydrogen-bond acceptors (Lipinski definition) is 4. The fourth-order valence-corrected chi connectivity index (χ4v) is 3.89. The SMILES string of the molecule is CN(C)S(=O)(=O)c1cccc(CSCC2CNC2)c1. The van der Waals surface area contributed by atoms with Crippen molar-refractivity contribution in [1.29, 1.82) is 0 Å². The van der Waals surface area contributed by atoms with Crippen molar-refractivity contribution < 1.29 is 8.42 Å². The van der Waals surface area contributed by atoms with Crippen LogP contribution in [0.4, 0.5) is 0 Å². The molecule has 2 rings (SSSR count). The van der Waals surface area contributed by atoms with Crippen molar-refractivity contribution in [3.63, 3.8) is 0 Å². The first-order chi connectivity index (χ1) is 9.00. The van der Waals surface area contributed by atoms with Crippen LogP contribution in [-0.4, -0.2) is 45.7 Å². The Morgan fingerprint density at radius 1 is 1.37 bits per heavy atom. The zero-order valence-corrected chi connectivity index (χ0v) is 12.9. The van der Waals surface area contributed by atoms with Gasteiger partial charge in [0.15, 0.2) is 0 Å². The molecule has 6 heteroatoms. The quantitative estimate of drug-likeness (QED) is 0.862. The second-order valence-corrected chi connectivity index (χ2v) is 8.16. The maximum atomic E-state index is 12.0. The molecule has 19 heavy (non-hydrogen) atoms. The lowest BCUT2D eigenvalue weighted by Gasteiger charge is -2.26. The molecule has 1 aliphatic heterocycles. The monoisotopic (exact) mass is 300 g/mol. The zero-order chi connectivity index (χ0) is 13.9. The molecule has 4 nitrogen and oxygen atoms in total. The molecule has 1 N–H and O–H groups in total. The summed E-state index contributed by atoms with van der Waals surface area (Å²) in [6.45, 7) is 2.23. The van der Waals surface area contributed by atoms with Crippen LogP contribution in [0.2, 0.25) is 0 Å². The molecule has 1 fully saturated rings. The molecular formula is C13H20N2O2S2. The molecular weight excluding hydrogens is 280 g/mol. The Hall–Kier alpha value is -0.560. The highest BCUT2D eigenvalue weighted by atomic mass is 32.2. The number of thioether (sulfide) groups is 1. The topological polar surface area (TPSA) is 49.4 Å². The Labute approximate surface area is 119 Å². The Morgan fingerprint density at radius 2 is 2.11 bits per heavy atom. The van der Waals surface area contributed by atoms with E-state index in [2.05, 4.69) is 5.32 Å². The molecule has 0 spiro atoms. The highest BCUT2D eigenvalue weighted by molar-refractivity contribution is 7.98. The van der Waals surface area contributed by atoms with Crippen LogP contribution in [0.25, 0.3) is 0 Å². The Balaban J connectivity index is 1.98. The fraction of sp³-hybridized carbons (Fsp3) is 0.538. The number of nitrogens with one attached hydrogen (secondary N) is 1. The van der Waals surface area contributed by atoms with Crippen molar-refractivity contribution >= 4 is 21.8 Å². The van der Waals surface area contributed by atoms with Gasteiger partial charge in [-0.25, -0.2) is 12.7 Å². The molecule has 1 aliphatic rings. The van der Waals surface area contributed by atoms with Gasteiger partial charge in [-0.15, -0.1) is 0 Å². The molecule has 106 valence electrons. The lowest BCUT2D eigenvalue weighted by Crippen LogP contribution is -2.43. The molecule has 0 atom stereocenters. The van der Waals surface area contributed by atoms with Gasteiger partial charge in [0, 0.05) is 19.8 Å². The first kappa shape index (κ1) is 14.8. The lowest BCUT2D eigenvalue weighted by molar-refractivity contribution is 0.385. The summed E-state index contributed by atoms with van der Waals surface area (Å²) in [5, 5.41) is 3.25. The molecule has 0 radical (unpaired) electrons. The predicted molar refractivity (Wildman–Crippen MR) is 79.8 cm³/mol. The molecule has 0 unspecified atom stereocenters. The molecule has 0 bridgehead atoms. The van der Waals surface area contributed by atoms with Crippen LogP contribution in [0, 0.1) is 5.92 Å². The van der Waals surface area contributed by atoms with Gasteiger partial charge in [0.25, 0.3) is 0 Å². The Bertz CT molecular complexity index is 525. The van der Waals surface area contributed by atoms with Crippen LogP contribution in [0.1, 0.15) is 5.56 Å². The normalized spacial score (nSPS) is 16.6. The van der Waals surface area contributed by atoms with E-state index in [-0.39, 0.29) is 0 Å². The van der Waals surface area contributed by atoms with Gasteiger partial charge in [0.05, 0.1) is 4.90 Å². The molecule has 0 aromatic heterocycles. The minimum atomic E-state index is -3.32. The van der Waals surface area contributed by atoms with E-state index in [1.54, 1.807) is 26.2 Å². The van der Waals surface area contributed by atoms with Gasteiger partial charge in [-0.3, -0.25) is 0 Å². The highest BCUT2D eigenvalue weighted by Crippen LogP contribution is 2.21. The number of hydrogen-bond donors (Lipinski definition) is 1. The van der Waals surface area contributed by atoms with Crippen LogP contribution in [0.5, 0.6) is 0 Å². The van der Waals surface area contributed by atoms with E-state index in [1.807, 2.05) is 23.9 Å². The van der Waals surface area contributed by atoms with E-state index in [0.29, 0.717) is 4.90 Å². The van der Waals surface area contributed by atoms with E-state index in [4.69, 9.17) is 0 Å². The molecule has 0 amide bonds. The average molecular weight is 300 g/mol. The summed E-state index contributed by atoms with van der Waals surface area (Å²) >= 11 is 1.87. The van der Waals surface area contributed by atoms with Crippen LogP contribution < -0.4 is 5.32 Å². The first-order valence-corrected chi connectivity index (χ1v) is 8.89. The van der Waals surface area contributed by atoms with Gasteiger partial charge in [-0.2, -0.15) is 11.8 Å².